The second-order valence-corrected chi connectivity index (χ2v) is 10.3. The molecule has 11 nitrogen and oxygen atoms in total. The zero-order chi connectivity index (χ0) is 28.3. The lowest BCUT2D eigenvalue weighted by Crippen LogP contribution is -2.29. The molecule has 0 spiro atoms. The van der Waals surface area contributed by atoms with Gasteiger partial charge in [-0.3, -0.25) is 14.3 Å². The van der Waals surface area contributed by atoms with Crippen molar-refractivity contribution in [3.05, 3.63) is 79.1 Å². The number of nitrogens with zero attached hydrogens (tertiary/aromatic N) is 3. The number of halogens is 1. The van der Waals surface area contributed by atoms with Gasteiger partial charge in [0, 0.05) is 36.7 Å². The standard InChI is InChI=1S/C28H23ClN4O7/c1-12-8-16(14(3)36-18-6-7-20(29)31-21(18)25-32-27(35)40-33-25)24-17(9-12)22(34)13(2)23(37-24)15-10-19-26(30-11-15)39-28(4,5)38-19/h6-11,14H,1-5H3,(H,32,33,35)/t14-/m1/s1. The minimum atomic E-state index is -0.848. The third kappa shape index (κ3) is 4.47. The number of ether oxygens (including phenoxy) is 3. The molecular formula is C28H23ClN4O7. The fourth-order valence-corrected chi connectivity index (χ4v) is 4.79. The van der Waals surface area contributed by atoms with Gasteiger partial charge in [0.15, 0.2) is 16.9 Å². The number of hydrogen-bond acceptors (Lipinski definition) is 10. The number of benzene rings is 1. The third-order valence-corrected chi connectivity index (χ3v) is 6.61. The molecule has 12 heteroatoms. The zero-order valence-electron chi connectivity index (χ0n) is 22.1. The number of hydrogen-bond donors (Lipinski definition) is 1. The number of aryl methyl sites for hydroxylation is 1. The van der Waals surface area contributed by atoms with Crippen molar-refractivity contribution in [3.8, 4) is 40.2 Å². The number of aromatic nitrogens is 4. The third-order valence-electron chi connectivity index (χ3n) is 6.40. The van der Waals surface area contributed by atoms with E-state index in [2.05, 4.69) is 24.6 Å². The van der Waals surface area contributed by atoms with Crippen LogP contribution in [0, 0.1) is 13.8 Å². The Balaban J connectivity index is 1.46. The molecule has 1 N–H and O–H groups in total. The van der Waals surface area contributed by atoms with E-state index in [1.807, 2.05) is 19.9 Å². The summed E-state index contributed by atoms with van der Waals surface area (Å²) in [5, 5.41) is 4.29. The maximum atomic E-state index is 13.6. The second-order valence-electron chi connectivity index (χ2n) is 9.93. The largest absolute Gasteiger partial charge is 0.483 e. The summed E-state index contributed by atoms with van der Waals surface area (Å²) in [6, 6.07) is 8.57. The highest BCUT2D eigenvalue weighted by molar-refractivity contribution is 6.29. The molecule has 0 amide bonds. The van der Waals surface area contributed by atoms with E-state index in [0.717, 1.165) is 5.56 Å². The summed E-state index contributed by atoms with van der Waals surface area (Å²) in [6.07, 6.45) is 0.955. The quantitative estimate of drug-likeness (QED) is 0.272. The van der Waals surface area contributed by atoms with Gasteiger partial charge in [0.2, 0.25) is 11.6 Å². The summed E-state index contributed by atoms with van der Waals surface area (Å²) < 4.78 is 28.9. The first kappa shape index (κ1) is 25.6. The van der Waals surface area contributed by atoms with Crippen molar-refractivity contribution in [1.82, 2.24) is 20.1 Å². The van der Waals surface area contributed by atoms with Crippen LogP contribution >= 0.6 is 11.6 Å². The van der Waals surface area contributed by atoms with Gasteiger partial charge in [0.05, 0.1) is 5.39 Å². The summed E-state index contributed by atoms with van der Waals surface area (Å²) in [4.78, 5) is 36.2. The number of nitrogens with one attached hydrogen (secondary N) is 1. The van der Waals surface area contributed by atoms with Gasteiger partial charge in [-0.2, -0.15) is 0 Å². The van der Waals surface area contributed by atoms with Gasteiger partial charge in [0.25, 0.3) is 5.88 Å². The Hall–Kier alpha value is -4.64. The lowest BCUT2D eigenvalue weighted by atomic mass is 10.00. The van der Waals surface area contributed by atoms with Crippen LogP contribution in [0.5, 0.6) is 17.4 Å². The maximum Gasteiger partial charge on any atom is 0.439 e. The molecule has 1 aromatic carbocycles. The Morgan fingerprint density at radius 1 is 1.10 bits per heavy atom. The van der Waals surface area contributed by atoms with Crippen molar-refractivity contribution in [2.75, 3.05) is 0 Å². The van der Waals surface area contributed by atoms with Crippen LogP contribution in [0.4, 0.5) is 0 Å². The number of rotatable bonds is 5. The van der Waals surface area contributed by atoms with Crippen LogP contribution in [-0.4, -0.2) is 25.9 Å². The van der Waals surface area contributed by atoms with Crippen LogP contribution in [0.3, 0.4) is 0 Å². The summed E-state index contributed by atoms with van der Waals surface area (Å²) in [6.45, 7) is 8.97. The molecule has 40 heavy (non-hydrogen) atoms. The van der Waals surface area contributed by atoms with Crippen LogP contribution in [0.2, 0.25) is 5.15 Å². The summed E-state index contributed by atoms with van der Waals surface area (Å²) in [7, 11) is 0. The smallest absolute Gasteiger partial charge is 0.439 e. The van der Waals surface area contributed by atoms with E-state index in [1.165, 1.54) is 0 Å². The van der Waals surface area contributed by atoms with E-state index in [-0.39, 0.29) is 27.8 Å². The average Bonchev–Trinajstić information content (AvgIpc) is 3.47. The number of aromatic amines is 1. The van der Waals surface area contributed by atoms with Crippen molar-refractivity contribution < 1.29 is 23.2 Å². The Morgan fingerprint density at radius 3 is 2.65 bits per heavy atom. The second kappa shape index (κ2) is 9.23. The molecule has 0 aliphatic carbocycles. The minimum absolute atomic E-state index is 0.0618. The molecule has 0 saturated carbocycles. The lowest BCUT2D eigenvalue weighted by molar-refractivity contribution is -0.0448. The highest BCUT2D eigenvalue weighted by atomic mass is 35.5. The fraction of sp³-hybridized carbons (Fsp3) is 0.250. The van der Waals surface area contributed by atoms with Crippen LogP contribution < -0.4 is 25.4 Å². The number of H-pyrrole nitrogens is 1. The maximum absolute atomic E-state index is 13.6. The SMILES string of the molecule is Cc1cc([C@@H](C)Oc2ccc(Cl)nc2-c2noc(=O)[nH]2)c2oc(-c3cnc4c(c3)OC(C)(C)O4)c(C)c(=O)c2c1. The molecule has 6 rings (SSSR count). The van der Waals surface area contributed by atoms with E-state index in [9.17, 15) is 9.59 Å². The van der Waals surface area contributed by atoms with Gasteiger partial charge >= 0.3 is 5.76 Å². The van der Waals surface area contributed by atoms with Gasteiger partial charge in [-0.15, -0.1) is 0 Å². The molecule has 0 saturated heterocycles. The summed E-state index contributed by atoms with van der Waals surface area (Å²) in [5.74, 6) is -0.0638. The number of pyridine rings is 2. The molecule has 1 atom stereocenters. The Labute approximate surface area is 231 Å². The molecule has 0 radical (unpaired) electrons. The lowest BCUT2D eigenvalue weighted by Gasteiger charge is -2.19. The molecule has 204 valence electrons. The Kier molecular flexibility index (Phi) is 5.91. The molecule has 1 aliphatic heterocycles. The van der Waals surface area contributed by atoms with Crippen molar-refractivity contribution in [2.45, 2.75) is 46.5 Å². The van der Waals surface area contributed by atoms with Crippen molar-refractivity contribution in [2.24, 2.45) is 0 Å². The monoisotopic (exact) mass is 562 g/mol. The van der Waals surface area contributed by atoms with E-state index in [1.54, 1.807) is 51.2 Å². The number of fused-ring (bicyclic) bond motifs is 2. The average molecular weight is 563 g/mol. The van der Waals surface area contributed by atoms with Gasteiger partial charge in [-0.1, -0.05) is 16.8 Å². The van der Waals surface area contributed by atoms with E-state index < -0.39 is 17.6 Å². The van der Waals surface area contributed by atoms with Gasteiger partial charge in [-0.05, 0) is 56.7 Å². The van der Waals surface area contributed by atoms with Crippen molar-refractivity contribution in [1.29, 1.82) is 0 Å². The fourth-order valence-electron chi connectivity index (χ4n) is 4.64. The van der Waals surface area contributed by atoms with E-state index in [4.69, 9.17) is 30.2 Å². The molecule has 5 heterocycles. The summed E-state index contributed by atoms with van der Waals surface area (Å²) >= 11 is 6.10. The normalized spacial score (nSPS) is 14.4. The molecule has 0 fully saturated rings. The van der Waals surface area contributed by atoms with Gasteiger partial charge in [0.1, 0.15) is 28.3 Å². The van der Waals surface area contributed by atoms with E-state index in [0.29, 0.717) is 45.0 Å². The Morgan fingerprint density at radius 2 is 1.90 bits per heavy atom. The molecule has 5 aromatic rings. The zero-order valence-corrected chi connectivity index (χ0v) is 22.9. The minimum Gasteiger partial charge on any atom is -0.483 e. The predicted octanol–water partition coefficient (Wildman–Crippen LogP) is 5.51. The summed E-state index contributed by atoms with van der Waals surface area (Å²) in [5.41, 5.74) is 2.83. The first-order valence-corrected chi connectivity index (χ1v) is 12.7. The van der Waals surface area contributed by atoms with Crippen molar-refractivity contribution in [3.63, 3.8) is 0 Å². The molecule has 0 bridgehead atoms. The Bertz CT molecular complexity index is 1920. The first-order chi connectivity index (χ1) is 19.0. The van der Waals surface area contributed by atoms with Crippen LogP contribution in [0.15, 0.2) is 55.1 Å². The topological polar surface area (TPSA) is 143 Å². The molecule has 0 unspecified atom stereocenters. The van der Waals surface area contributed by atoms with Crippen molar-refractivity contribution >= 4 is 22.6 Å². The van der Waals surface area contributed by atoms with Crippen LogP contribution in [0.25, 0.3) is 33.8 Å². The van der Waals surface area contributed by atoms with Crippen LogP contribution in [-0.2, 0) is 0 Å². The highest BCUT2D eigenvalue weighted by Crippen LogP contribution is 2.41. The highest BCUT2D eigenvalue weighted by Gasteiger charge is 2.33. The molecule has 1 aliphatic rings. The van der Waals surface area contributed by atoms with Gasteiger partial charge in [-0.25, -0.2) is 14.8 Å². The molecule has 4 aromatic heterocycles. The first-order valence-electron chi connectivity index (χ1n) is 12.3. The molecular weight excluding hydrogens is 540 g/mol. The van der Waals surface area contributed by atoms with E-state index >= 15 is 0 Å². The van der Waals surface area contributed by atoms with Crippen LogP contribution in [0.1, 0.15) is 43.6 Å². The van der Waals surface area contributed by atoms with Gasteiger partial charge < -0.3 is 18.6 Å². The predicted molar refractivity (Wildman–Crippen MR) is 145 cm³/mol.